The summed E-state index contributed by atoms with van der Waals surface area (Å²) in [7, 11) is 2.91. The van der Waals surface area contributed by atoms with Gasteiger partial charge in [0.25, 0.3) is 0 Å². The summed E-state index contributed by atoms with van der Waals surface area (Å²) < 4.78 is 23.5. The molecule has 4 aliphatic carbocycles. The molecule has 2 aliphatic heterocycles. The average molecular weight is 699 g/mol. The molecular weight excluding hydrogens is 640 g/mol. The molecule has 11 atom stereocenters. The number of fused-ring (bicyclic) bond motifs is 7. The SMILES string of the molecule is CC1CCC2(OC1)OC1CC3C4CCC5CC(O)CCC5(C)C4=CCC3(C)C1C2C.COc1cc(O)c(C(=O)C=Cc2ccccc2)c(OC)c1. The smallest absolute Gasteiger partial charge is 0.193 e. The molecule has 51 heavy (non-hydrogen) atoms. The van der Waals surface area contributed by atoms with E-state index in [0.717, 1.165) is 43.3 Å². The van der Waals surface area contributed by atoms with Crippen LogP contribution in [-0.2, 0) is 9.47 Å². The lowest BCUT2D eigenvalue weighted by molar-refractivity contribution is -0.272. The van der Waals surface area contributed by atoms with Gasteiger partial charge in [0.1, 0.15) is 22.8 Å². The van der Waals surface area contributed by atoms with Crippen molar-refractivity contribution in [1.82, 2.24) is 0 Å². The number of methoxy groups -OCH3 is 2. The third kappa shape index (κ3) is 6.35. The summed E-state index contributed by atoms with van der Waals surface area (Å²) in [5, 5.41) is 20.3. The fourth-order valence-electron chi connectivity index (χ4n) is 11.4. The second-order valence-electron chi connectivity index (χ2n) is 17.0. The lowest BCUT2D eigenvalue weighted by Gasteiger charge is -2.57. The zero-order valence-electron chi connectivity index (χ0n) is 31.4. The molecule has 0 aromatic heterocycles. The Morgan fingerprint density at radius 3 is 2.47 bits per heavy atom. The van der Waals surface area contributed by atoms with Crippen molar-refractivity contribution in [1.29, 1.82) is 0 Å². The van der Waals surface area contributed by atoms with Gasteiger partial charge in [-0.05, 0) is 103 Å². The number of hydrogen-bond acceptors (Lipinski definition) is 7. The topological polar surface area (TPSA) is 94.5 Å². The monoisotopic (exact) mass is 698 g/mol. The van der Waals surface area contributed by atoms with Gasteiger partial charge >= 0.3 is 0 Å². The minimum atomic E-state index is -0.337. The highest BCUT2D eigenvalue weighted by Crippen LogP contribution is 2.69. The van der Waals surface area contributed by atoms with Gasteiger partial charge in [-0.25, -0.2) is 0 Å². The number of carbonyl (C=O) groups excluding carboxylic acids is 1. The fourth-order valence-corrected chi connectivity index (χ4v) is 11.4. The van der Waals surface area contributed by atoms with E-state index in [1.165, 1.54) is 64.9 Å². The maximum absolute atomic E-state index is 12.3. The van der Waals surface area contributed by atoms with Crippen LogP contribution in [0.3, 0.4) is 0 Å². The van der Waals surface area contributed by atoms with Gasteiger partial charge in [0, 0.05) is 24.5 Å². The first-order valence-corrected chi connectivity index (χ1v) is 19.3. The highest BCUT2D eigenvalue weighted by atomic mass is 16.7. The van der Waals surface area contributed by atoms with E-state index in [9.17, 15) is 15.0 Å². The van der Waals surface area contributed by atoms with Crippen molar-refractivity contribution in [2.24, 2.45) is 46.3 Å². The molecule has 11 unspecified atom stereocenters. The number of phenolic OH excluding ortho intramolecular Hbond substituents is 1. The second-order valence-corrected chi connectivity index (χ2v) is 17.0. The number of aromatic hydroxyl groups is 1. The number of aliphatic hydroxyl groups excluding tert-OH is 1. The molecule has 3 saturated carbocycles. The van der Waals surface area contributed by atoms with Crippen LogP contribution in [0.2, 0.25) is 0 Å². The van der Waals surface area contributed by atoms with Crippen molar-refractivity contribution >= 4 is 11.9 Å². The van der Waals surface area contributed by atoms with Crippen LogP contribution in [0.1, 0.15) is 101 Å². The Hall–Kier alpha value is -3.13. The summed E-state index contributed by atoms with van der Waals surface area (Å²) >= 11 is 0. The van der Waals surface area contributed by atoms with Gasteiger partial charge in [0.05, 0.1) is 33.0 Å². The molecule has 2 aromatic carbocycles. The number of ether oxygens (including phenoxy) is 4. The molecule has 0 radical (unpaired) electrons. The molecule has 2 saturated heterocycles. The normalized spacial score (nSPS) is 39.5. The zero-order chi connectivity index (χ0) is 36.1. The molecule has 8 rings (SSSR count). The van der Waals surface area contributed by atoms with Crippen LogP contribution < -0.4 is 9.47 Å². The molecule has 0 bridgehead atoms. The van der Waals surface area contributed by atoms with E-state index < -0.39 is 0 Å². The summed E-state index contributed by atoms with van der Waals surface area (Å²) in [6.45, 7) is 10.7. The Balaban J connectivity index is 0.000000171. The number of phenols is 1. The Kier molecular flexibility index (Phi) is 9.96. The van der Waals surface area contributed by atoms with Gasteiger partial charge in [-0.2, -0.15) is 0 Å². The molecule has 7 heteroatoms. The van der Waals surface area contributed by atoms with Crippen LogP contribution in [0.5, 0.6) is 17.2 Å². The minimum Gasteiger partial charge on any atom is -0.507 e. The number of carbonyl (C=O) groups is 1. The summed E-state index contributed by atoms with van der Waals surface area (Å²) in [6, 6.07) is 12.4. The number of hydrogen-bond donors (Lipinski definition) is 2. The van der Waals surface area contributed by atoms with Gasteiger partial charge in [0.15, 0.2) is 11.6 Å². The molecule has 1 spiro atoms. The van der Waals surface area contributed by atoms with Gasteiger partial charge in [-0.3, -0.25) is 4.79 Å². The minimum absolute atomic E-state index is 0.0661. The van der Waals surface area contributed by atoms with Crippen LogP contribution in [0.4, 0.5) is 0 Å². The number of benzene rings is 2. The highest BCUT2D eigenvalue weighted by molar-refractivity contribution is 6.10. The average Bonchev–Trinajstić information content (AvgIpc) is 3.58. The number of ketones is 1. The maximum atomic E-state index is 12.3. The molecule has 2 aromatic rings. The van der Waals surface area contributed by atoms with E-state index in [0.29, 0.717) is 46.4 Å². The Labute approximate surface area is 304 Å². The molecule has 7 nitrogen and oxygen atoms in total. The van der Waals surface area contributed by atoms with Crippen LogP contribution in [0, 0.1) is 46.3 Å². The standard InChI is InChI=1S/C27H42O3.C17H16O4/c1-16-7-12-27(29-15-16)17(2)24-23(30-27)14-22-20-6-5-18-13-19(28)8-10-25(18,3)21(20)9-11-26(22,24)4;1-20-13-10-15(19)17(16(11-13)21-2)14(18)9-8-12-6-4-3-5-7-12/h9,16-20,22-24,28H,5-8,10-15H2,1-4H3;3-11,19H,1-2H3. The summed E-state index contributed by atoms with van der Waals surface area (Å²) in [5.41, 5.74) is 3.48. The molecule has 5 fully saturated rings. The predicted molar refractivity (Wildman–Crippen MR) is 199 cm³/mol. The molecule has 276 valence electrons. The maximum Gasteiger partial charge on any atom is 0.193 e. The Morgan fingerprint density at radius 1 is 0.980 bits per heavy atom. The van der Waals surface area contributed by atoms with E-state index in [-0.39, 0.29) is 34.7 Å². The third-order valence-corrected chi connectivity index (χ3v) is 14.2. The molecule has 2 heterocycles. The third-order valence-electron chi connectivity index (χ3n) is 14.2. The lowest BCUT2D eigenvalue weighted by Crippen LogP contribution is -2.50. The lowest BCUT2D eigenvalue weighted by atomic mass is 9.48. The van der Waals surface area contributed by atoms with Gasteiger partial charge in [-0.15, -0.1) is 0 Å². The van der Waals surface area contributed by atoms with Crippen molar-refractivity contribution < 1.29 is 34.0 Å². The van der Waals surface area contributed by atoms with Crippen LogP contribution in [0.25, 0.3) is 6.08 Å². The number of rotatable bonds is 5. The number of allylic oxidation sites excluding steroid dienone is 3. The number of aliphatic hydroxyl groups is 1. The van der Waals surface area contributed by atoms with Crippen LogP contribution >= 0.6 is 0 Å². The van der Waals surface area contributed by atoms with Crippen LogP contribution in [0.15, 0.2) is 60.2 Å². The summed E-state index contributed by atoms with van der Waals surface area (Å²) in [6.07, 6.45) is 16.7. The molecule has 6 aliphatic rings. The first-order chi connectivity index (χ1) is 24.4. The van der Waals surface area contributed by atoms with Gasteiger partial charge < -0.3 is 29.2 Å². The van der Waals surface area contributed by atoms with E-state index in [4.69, 9.17) is 18.9 Å². The summed E-state index contributed by atoms with van der Waals surface area (Å²) in [4.78, 5) is 12.3. The van der Waals surface area contributed by atoms with Crippen molar-refractivity contribution in [2.75, 3.05) is 20.8 Å². The van der Waals surface area contributed by atoms with Gasteiger partial charge in [-0.1, -0.05) is 75.8 Å². The van der Waals surface area contributed by atoms with Gasteiger partial charge in [0.2, 0.25) is 0 Å². The molecule has 0 amide bonds. The second kappa shape index (κ2) is 14.0. The summed E-state index contributed by atoms with van der Waals surface area (Å²) in [5.74, 6) is 3.87. The first-order valence-electron chi connectivity index (χ1n) is 19.3. The molecule has 2 N–H and O–H groups in total. The Bertz CT molecular complexity index is 1640. The zero-order valence-corrected chi connectivity index (χ0v) is 31.4. The van der Waals surface area contributed by atoms with E-state index in [2.05, 4.69) is 33.8 Å². The predicted octanol–water partition coefficient (Wildman–Crippen LogP) is 9.02. The quantitative estimate of drug-likeness (QED) is 0.183. The van der Waals surface area contributed by atoms with Crippen LogP contribution in [-0.4, -0.2) is 54.8 Å². The van der Waals surface area contributed by atoms with E-state index in [1.807, 2.05) is 30.3 Å². The Morgan fingerprint density at radius 2 is 1.76 bits per heavy atom. The first kappa shape index (κ1) is 36.2. The highest BCUT2D eigenvalue weighted by Gasteiger charge is 2.67. The molecular formula is C44H58O7. The van der Waals surface area contributed by atoms with Crippen molar-refractivity contribution in [2.45, 2.75) is 103 Å². The largest absolute Gasteiger partial charge is 0.507 e. The van der Waals surface area contributed by atoms with Crippen molar-refractivity contribution in [3.05, 3.63) is 71.3 Å². The van der Waals surface area contributed by atoms with Crippen molar-refractivity contribution in [3.63, 3.8) is 0 Å². The van der Waals surface area contributed by atoms with E-state index >= 15 is 0 Å². The van der Waals surface area contributed by atoms with E-state index in [1.54, 1.807) is 17.7 Å². The fraction of sp³-hybridized carbons (Fsp3) is 0.614. The van der Waals surface area contributed by atoms with Crippen molar-refractivity contribution in [3.8, 4) is 17.2 Å².